The highest BCUT2D eigenvalue weighted by atomic mass is 15.1. The number of aliphatic imine (C=N–C) groups is 1. The van der Waals surface area contributed by atoms with Crippen LogP contribution in [-0.2, 0) is 0 Å². The zero-order valence-electron chi connectivity index (χ0n) is 7.09. The van der Waals surface area contributed by atoms with Gasteiger partial charge in [0.1, 0.15) is 0 Å². The van der Waals surface area contributed by atoms with Gasteiger partial charge in [-0.1, -0.05) is 0 Å². The molecule has 0 aromatic carbocycles. The number of rotatable bonds is 0. The van der Waals surface area contributed by atoms with E-state index < -0.39 is 0 Å². The van der Waals surface area contributed by atoms with E-state index in [-0.39, 0.29) is 0 Å². The summed E-state index contributed by atoms with van der Waals surface area (Å²) in [7, 11) is 2.17. The Morgan fingerprint density at radius 2 is 2.30 bits per heavy atom. The molecule has 58 valence electrons. The van der Waals surface area contributed by atoms with Gasteiger partial charge >= 0.3 is 0 Å². The fraction of sp³-hybridized carbons (Fsp3) is 0.875. The quantitative estimate of drug-likeness (QED) is 0.493. The van der Waals surface area contributed by atoms with Crippen LogP contribution in [0, 0.1) is 0 Å². The van der Waals surface area contributed by atoms with Gasteiger partial charge < -0.3 is 4.90 Å². The van der Waals surface area contributed by atoms with Gasteiger partial charge in [-0.3, -0.25) is 4.99 Å². The van der Waals surface area contributed by atoms with E-state index in [0.29, 0.717) is 6.04 Å². The molecule has 0 aromatic heterocycles. The minimum atomic E-state index is 0.672. The molecule has 0 bridgehead atoms. The molecule has 0 saturated carbocycles. The van der Waals surface area contributed by atoms with Gasteiger partial charge in [0, 0.05) is 24.7 Å². The summed E-state index contributed by atoms with van der Waals surface area (Å²) in [6.45, 7) is 6.46. The zero-order valence-corrected chi connectivity index (χ0v) is 7.09. The Kier molecular flexibility index (Phi) is 2.44. The maximum absolute atomic E-state index is 4.40. The molecule has 1 rings (SSSR count). The first-order valence-electron chi connectivity index (χ1n) is 3.90. The number of nitrogens with zero attached hydrogens (tertiary/aromatic N) is 2. The zero-order chi connectivity index (χ0) is 7.56. The van der Waals surface area contributed by atoms with Gasteiger partial charge in [-0.05, 0) is 20.9 Å². The lowest BCUT2D eigenvalue weighted by molar-refractivity contribution is 0.277. The van der Waals surface area contributed by atoms with Gasteiger partial charge in [0.25, 0.3) is 0 Å². The van der Waals surface area contributed by atoms with E-state index in [0.717, 1.165) is 19.5 Å². The Morgan fingerprint density at radius 1 is 1.60 bits per heavy atom. The Bertz CT molecular complexity index is 140. The number of hydrogen-bond donors (Lipinski definition) is 0. The van der Waals surface area contributed by atoms with Crippen LogP contribution >= 0.6 is 0 Å². The normalized spacial score (nSPS) is 29.5. The third-order valence-corrected chi connectivity index (χ3v) is 2.18. The fourth-order valence-electron chi connectivity index (χ4n) is 1.27. The molecule has 0 radical (unpaired) electrons. The monoisotopic (exact) mass is 140 g/mol. The fourth-order valence-corrected chi connectivity index (χ4v) is 1.27. The summed E-state index contributed by atoms with van der Waals surface area (Å²) >= 11 is 0. The van der Waals surface area contributed by atoms with Crippen molar-refractivity contribution in [2.45, 2.75) is 26.3 Å². The summed E-state index contributed by atoms with van der Waals surface area (Å²) in [5.74, 6) is 0. The maximum atomic E-state index is 4.40. The highest BCUT2D eigenvalue weighted by molar-refractivity contribution is 5.82. The summed E-state index contributed by atoms with van der Waals surface area (Å²) in [5.41, 5.74) is 1.30. The van der Waals surface area contributed by atoms with Crippen molar-refractivity contribution in [3.8, 4) is 0 Å². The van der Waals surface area contributed by atoms with Crippen LogP contribution in [0.5, 0.6) is 0 Å². The minimum absolute atomic E-state index is 0.672. The van der Waals surface area contributed by atoms with Gasteiger partial charge in [0.05, 0.1) is 6.54 Å². The first-order chi connectivity index (χ1) is 4.70. The molecule has 2 nitrogen and oxygen atoms in total. The molecular formula is C8H16N2. The van der Waals surface area contributed by atoms with Gasteiger partial charge in [0.2, 0.25) is 0 Å². The summed E-state index contributed by atoms with van der Waals surface area (Å²) < 4.78 is 0. The average molecular weight is 140 g/mol. The van der Waals surface area contributed by atoms with Crippen LogP contribution < -0.4 is 0 Å². The molecule has 1 atom stereocenters. The van der Waals surface area contributed by atoms with E-state index >= 15 is 0 Å². The first kappa shape index (κ1) is 7.73. The van der Waals surface area contributed by atoms with Gasteiger partial charge in [-0.25, -0.2) is 0 Å². The predicted molar refractivity (Wildman–Crippen MR) is 44.7 cm³/mol. The highest BCUT2D eigenvalue weighted by Crippen LogP contribution is 2.05. The van der Waals surface area contributed by atoms with Gasteiger partial charge in [-0.15, -0.1) is 0 Å². The lowest BCUT2D eigenvalue weighted by Crippen LogP contribution is -2.30. The summed E-state index contributed by atoms with van der Waals surface area (Å²) in [6, 6.07) is 0.672. The number of likely N-dealkylation sites (N-methyl/N-ethyl adjacent to an activating group) is 1. The van der Waals surface area contributed by atoms with Crippen LogP contribution in [-0.4, -0.2) is 36.8 Å². The van der Waals surface area contributed by atoms with E-state index in [1.807, 2.05) is 0 Å². The molecule has 0 fully saturated rings. The predicted octanol–water partition coefficient (Wildman–Crippen LogP) is 1.17. The molecule has 0 N–H and O–H groups in total. The van der Waals surface area contributed by atoms with Crippen LogP contribution in [0.2, 0.25) is 0 Å². The molecule has 0 spiro atoms. The van der Waals surface area contributed by atoms with Crippen LogP contribution in [0.1, 0.15) is 20.3 Å². The molecule has 0 amide bonds. The Morgan fingerprint density at radius 3 is 3.00 bits per heavy atom. The van der Waals surface area contributed by atoms with Crippen molar-refractivity contribution < 1.29 is 0 Å². The molecule has 1 aliphatic heterocycles. The second-order valence-corrected chi connectivity index (χ2v) is 3.15. The van der Waals surface area contributed by atoms with E-state index in [2.05, 4.69) is 30.8 Å². The molecule has 2 heteroatoms. The molecular weight excluding hydrogens is 124 g/mol. The topological polar surface area (TPSA) is 15.6 Å². The van der Waals surface area contributed by atoms with Crippen LogP contribution in [0.15, 0.2) is 4.99 Å². The molecule has 0 aliphatic carbocycles. The summed E-state index contributed by atoms with van der Waals surface area (Å²) in [6.07, 6.45) is 1.14. The molecule has 0 saturated heterocycles. The van der Waals surface area contributed by atoms with Crippen molar-refractivity contribution in [2.75, 3.05) is 20.1 Å². The molecule has 1 heterocycles. The van der Waals surface area contributed by atoms with Crippen molar-refractivity contribution in [1.82, 2.24) is 4.90 Å². The third kappa shape index (κ3) is 1.81. The largest absolute Gasteiger partial charge is 0.301 e. The Balaban J connectivity index is 2.53. The second kappa shape index (κ2) is 3.15. The molecule has 1 unspecified atom stereocenters. The van der Waals surface area contributed by atoms with Crippen LogP contribution in [0.25, 0.3) is 0 Å². The second-order valence-electron chi connectivity index (χ2n) is 3.15. The van der Waals surface area contributed by atoms with Gasteiger partial charge in [0.15, 0.2) is 0 Å². The standard InChI is InChI=1S/C8H16N2/c1-7-6-8(2)10(3)5-4-9-7/h8H,4-6H2,1-3H3. The Hall–Kier alpha value is -0.370. The van der Waals surface area contributed by atoms with E-state index in [4.69, 9.17) is 0 Å². The lowest BCUT2D eigenvalue weighted by Gasteiger charge is -2.20. The highest BCUT2D eigenvalue weighted by Gasteiger charge is 2.12. The van der Waals surface area contributed by atoms with E-state index in [1.165, 1.54) is 5.71 Å². The lowest BCUT2D eigenvalue weighted by atomic mass is 10.1. The van der Waals surface area contributed by atoms with Crippen LogP contribution in [0.3, 0.4) is 0 Å². The molecule has 10 heavy (non-hydrogen) atoms. The summed E-state index contributed by atoms with van der Waals surface area (Å²) in [4.78, 5) is 6.76. The summed E-state index contributed by atoms with van der Waals surface area (Å²) in [5, 5.41) is 0. The number of hydrogen-bond acceptors (Lipinski definition) is 2. The van der Waals surface area contributed by atoms with Crippen molar-refractivity contribution in [2.24, 2.45) is 4.99 Å². The van der Waals surface area contributed by atoms with E-state index in [9.17, 15) is 0 Å². The van der Waals surface area contributed by atoms with Crippen molar-refractivity contribution in [3.63, 3.8) is 0 Å². The van der Waals surface area contributed by atoms with Crippen molar-refractivity contribution in [3.05, 3.63) is 0 Å². The van der Waals surface area contributed by atoms with E-state index in [1.54, 1.807) is 0 Å². The SMILES string of the molecule is CC1=NCCN(C)C(C)C1. The Labute approximate surface area is 62.9 Å². The molecule has 1 aliphatic rings. The van der Waals surface area contributed by atoms with Crippen LogP contribution in [0.4, 0.5) is 0 Å². The third-order valence-electron chi connectivity index (χ3n) is 2.18. The van der Waals surface area contributed by atoms with Gasteiger partial charge in [-0.2, -0.15) is 0 Å². The maximum Gasteiger partial charge on any atom is 0.0516 e. The smallest absolute Gasteiger partial charge is 0.0516 e. The average Bonchev–Trinajstić information content (AvgIpc) is 1.96. The minimum Gasteiger partial charge on any atom is -0.301 e. The first-order valence-corrected chi connectivity index (χ1v) is 3.90. The van der Waals surface area contributed by atoms with Crippen molar-refractivity contribution in [1.29, 1.82) is 0 Å². The van der Waals surface area contributed by atoms with Crippen molar-refractivity contribution >= 4 is 5.71 Å². The molecule has 0 aromatic rings.